The molecule has 8 heteroatoms. The first-order chi connectivity index (χ1) is 12.4. The van der Waals surface area contributed by atoms with Gasteiger partial charge in [-0.25, -0.2) is 14.6 Å². The third-order valence-electron chi connectivity index (χ3n) is 4.31. The maximum absolute atomic E-state index is 12.6. The van der Waals surface area contributed by atoms with Gasteiger partial charge in [-0.15, -0.1) is 0 Å². The lowest BCUT2D eigenvalue weighted by Gasteiger charge is -2.07. The highest BCUT2D eigenvalue weighted by Crippen LogP contribution is 2.21. The van der Waals surface area contributed by atoms with Crippen molar-refractivity contribution in [1.29, 1.82) is 0 Å². The zero-order valence-electron chi connectivity index (χ0n) is 15.1. The molecule has 0 saturated heterocycles. The SMILES string of the molecule is Cc1nn(C)c2ncc(NC(=O)c3cnc4c(cnn4C(C)C)c3)cc12. The molecule has 132 valence electrons. The van der Waals surface area contributed by atoms with Crippen LogP contribution in [0.3, 0.4) is 0 Å². The van der Waals surface area contributed by atoms with E-state index in [1.807, 2.05) is 38.6 Å². The van der Waals surface area contributed by atoms with Crippen LogP contribution in [0.25, 0.3) is 22.1 Å². The lowest BCUT2D eigenvalue weighted by Crippen LogP contribution is -2.12. The van der Waals surface area contributed by atoms with Crippen LogP contribution in [0.4, 0.5) is 5.69 Å². The van der Waals surface area contributed by atoms with Gasteiger partial charge in [-0.1, -0.05) is 0 Å². The molecule has 0 saturated carbocycles. The summed E-state index contributed by atoms with van der Waals surface area (Å²) in [5.41, 5.74) is 3.52. The molecule has 0 aliphatic rings. The number of rotatable bonds is 3. The van der Waals surface area contributed by atoms with E-state index in [1.54, 1.807) is 29.3 Å². The standard InChI is InChI=1S/C18H19N7O/c1-10(2)25-16-12(8-21-25)5-13(7-19-16)18(26)22-14-6-15-11(3)23-24(4)17(15)20-9-14/h5-10H,1-4H3,(H,22,26). The number of aryl methyl sites for hydroxylation is 2. The summed E-state index contributed by atoms with van der Waals surface area (Å²) >= 11 is 0. The first kappa shape index (κ1) is 16.2. The van der Waals surface area contributed by atoms with Crippen LogP contribution in [0.15, 0.2) is 30.7 Å². The number of nitrogens with zero attached hydrogens (tertiary/aromatic N) is 6. The molecule has 0 bridgehead atoms. The summed E-state index contributed by atoms with van der Waals surface area (Å²) in [7, 11) is 1.85. The Kier molecular flexibility index (Phi) is 3.68. The fourth-order valence-corrected chi connectivity index (χ4v) is 3.02. The maximum atomic E-state index is 12.6. The summed E-state index contributed by atoms with van der Waals surface area (Å²) in [4.78, 5) is 21.4. The first-order valence-corrected chi connectivity index (χ1v) is 8.38. The number of pyridine rings is 2. The Hall–Kier alpha value is -3.29. The summed E-state index contributed by atoms with van der Waals surface area (Å²) in [6.45, 7) is 6.00. The number of amides is 1. The molecular weight excluding hydrogens is 330 g/mol. The summed E-state index contributed by atoms with van der Waals surface area (Å²) < 4.78 is 3.56. The van der Waals surface area contributed by atoms with Crippen molar-refractivity contribution in [1.82, 2.24) is 29.5 Å². The number of hydrogen-bond acceptors (Lipinski definition) is 5. The van der Waals surface area contributed by atoms with Gasteiger partial charge in [0, 0.05) is 30.1 Å². The van der Waals surface area contributed by atoms with Crippen molar-refractivity contribution in [2.75, 3.05) is 5.32 Å². The van der Waals surface area contributed by atoms with Crippen molar-refractivity contribution >= 4 is 33.7 Å². The molecule has 1 N–H and O–H groups in total. The molecule has 0 atom stereocenters. The molecule has 26 heavy (non-hydrogen) atoms. The third kappa shape index (κ3) is 2.59. The maximum Gasteiger partial charge on any atom is 0.257 e. The lowest BCUT2D eigenvalue weighted by atomic mass is 10.2. The van der Waals surface area contributed by atoms with Crippen LogP contribution in [-0.2, 0) is 7.05 Å². The van der Waals surface area contributed by atoms with Crippen molar-refractivity contribution in [3.63, 3.8) is 0 Å². The van der Waals surface area contributed by atoms with Crippen molar-refractivity contribution in [3.8, 4) is 0 Å². The van der Waals surface area contributed by atoms with Gasteiger partial charge in [0.15, 0.2) is 11.3 Å². The molecule has 0 radical (unpaired) electrons. The second-order valence-corrected chi connectivity index (χ2v) is 6.58. The largest absolute Gasteiger partial charge is 0.321 e. The predicted molar refractivity (Wildman–Crippen MR) is 99.1 cm³/mol. The Balaban J connectivity index is 1.63. The molecule has 0 fully saturated rings. The normalized spacial score (nSPS) is 11.6. The van der Waals surface area contributed by atoms with Gasteiger partial charge in [0.2, 0.25) is 0 Å². The number of carbonyl (C=O) groups is 1. The number of nitrogens with one attached hydrogen (secondary N) is 1. The van der Waals surface area contributed by atoms with Gasteiger partial charge in [0.1, 0.15) is 0 Å². The summed E-state index contributed by atoms with van der Waals surface area (Å²) in [5, 5.41) is 13.3. The average molecular weight is 349 g/mol. The van der Waals surface area contributed by atoms with Crippen LogP contribution in [-0.4, -0.2) is 35.4 Å². The molecule has 1 amide bonds. The lowest BCUT2D eigenvalue weighted by molar-refractivity contribution is 0.102. The Morgan fingerprint density at radius 3 is 2.65 bits per heavy atom. The molecule has 4 aromatic rings. The number of aromatic nitrogens is 6. The van der Waals surface area contributed by atoms with Crippen LogP contribution in [0.5, 0.6) is 0 Å². The zero-order chi connectivity index (χ0) is 18.4. The van der Waals surface area contributed by atoms with Gasteiger partial charge in [-0.2, -0.15) is 10.2 Å². The smallest absolute Gasteiger partial charge is 0.257 e. The predicted octanol–water partition coefficient (Wildman–Crippen LogP) is 2.85. The minimum Gasteiger partial charge on any atom is -0.321 e. The molecule has 0 aliphatic heterocycles. The molecular formula is C18H19N7O. The van der Waals surface area contributed by atoms with Crippen LogP contribution in [0, 0.1) is 6.92 Å². The Bertz CT molecular complexity index is 1140. The van der Waals surface area contributed by atoms with Gasteiger partial charge >= 0.3 is 0 Å². The second kappa shape index (κ2) is 5.91. The summed E-state index contributed by atoms with van der Waals surface area (Å²) in [6, 6.07) is 3.89. The molecule has 4 rings (SSSR count). The van der Waals surface area contributed by atoms with E-state index < -0.39 is 0 Å². The van der Waals surface area contributed by atoms with Crippen LogP contribution in [0.2, 0.25) is 0 Å². The Morgan fingerprint density at radius 2 is 1.88 bits per heavy atom. The van der Waals surface area contributed by atoms with Gasteiger partial charge in [-0.3, -0.25) is 9.48 Å². The third-order valence-corrected chi connectivity index (χ3v) is 4.31. The van der Waals surface area contributed by atoms with E-state index in [9.17, 15) is 4.79 Å². The van der Waals surface area contributed by atoms with E-state index in [-0.39, 0.29) is 11.9 Å². The molecule has 0 aliphatic carbocycles. The van der Waals surface area contributed by atoms with Gasteiger partial charge in [0.05, 0.1) is 29.3 Å². The quantitative estimate of drug-likeness (QED) is 0.614. The number of hydrogen-bond donors (Lipinski definition) is 1. The fraction of sp³-hybridized carbons (Fsp3) is 0.278. The van der Waals surface area contributed by atoms with Crippen LogP contribution in [0.1, 0.15) is 35.9 Å². The summed E-state index contributed by atoms with van der Waals surface area (Å²) in [6.07, 6.45) is 4.93. The van der Waals surface area contributed by atoms with E-state index >= 15 is 0 Å². The van der Waals surface area contributed by atoms with E-state index in [0.717, 1.165) is 27.8 Å². The van der Waals surface area contributed by atoms with Crippen molar-refractivity contribution in [2.45, 2.75) is 26.8 Å². The van der Waals surface area contributed by atoms with E-state index in [2.05, 4.69) is 25.5 Å². The van der Waals surface area contributed by atoms with E-state index in [4.69, 9.17) is 0 Å². The molecule has 0 unspecified atom stereocenters. The number of carbonyl (C=O) groups excluding carboxylic acids is 1. The van der Waals surface area contributed by atoms with Gasteiger partial charge < -0.3 is 5.32 Å². The van der Waals surface area contributed by atoms with Crippen molar-refractivity contribution in [3.05, 3.63) is 42.0 Å². The molecule has 4 aromatic heterocycles. The van der Waals surface area contributed by atoms with Gasteiger partial charge in [-0.05, 0) is 32.9 Å². The monoisotopic (exact) mass is 349 g/mol. The van der Waals surface area contributed by atoms with Crippen molar-refractivity contribution < 1.29 is 4.79 Å². The number of anilines is 1. The Labute approximate surface area is 149 Å². The molecule has 4 heterocycles. The fourth-order valence-electron chi connectivity index (χ4n) is 3.02. The number of fused-ring (bicyclic) bond motifs is 2. The molecule has 0 aromatic carbocycles. The topological polar surface area (TPSA) is 90.5 Å². The summed E-state index contributed by atoms with van der Waals surface area (Å²) in [5.74, 6) is -0.237. The van der Waals surface area contributed by atoms with Crippen molar-refractivity contribution in [2.24, 2.45) is 7.05 Å². The van der Waals surface area contributed by atoms with E-state index in [1.165, 1.54) is 0 Å². The second-order valence-electron chi connectivity index (χ2n) is 6.58. The minimum atomic E-state index is -0.237. The molecule has 0 spiro atoms. The average Bonchev–Trinajstić information content (AvgIpc) is 3.15. The minimum absolute atomic E-state index is 0.209. The first-order valence-electron chi connectivity index (χ1n) is 8.38. The highest BCUT2D eigenvalue weighted by Gasteiger charge is 2.13. The van der Waals surface area contributed by atoms with E-state index in [0.29, 0.717) is 11.3 Å². The van der Waals surface area contributed by atoms with Crippen LogP contribution >= 0.6 is 0 Å². The highest BCUT2D eigenvalue weighted by molar-refractivity contribution is 6.06. The zero-order valence-corrected chi connectivity index (χ0v) is 15.1. The van der Waals surface area contributed by atoms with Gasteiger partial charge in [0.25, 0.3) is 5.91 Å². The highest BCUT2D eigenvalue weighted by atomic mass is 16.1. The van der Waals surface area contributed by atoms with Crippen LogP contribution < -0.4 is 5.32 Å². The Morgan fingerprint density at radius 1 is 1.12 bits per heavy atom. The molecule has 8 nitrogen and oxygen atoms in total.